The van der Waals surface area contributed by atoms with Crippen molar-refractivity contribution < 1.29 is 0 Å². The molecule has 0 bridgehead atoms. The Kier molecular flexibility index (Phi) is 3.46. The fourth-order valence-corrected chi connectivity index (χ4v) is 2.26. The number of nitrogen functional groups attached to an aromatic ring is 2. The molecule has 2 rings (SSSR count). The third-order valence-electron chi connectivity index (χ3n) is 2.18. The smallest absolute Gasteiger partial charge is 0.223 e. The normalized spacial score (nSPS) is 10.2. The van der Waals surface area contributed by atoms with Crippen LogP contribution in [0.15, 0.2) is 40.3 Å². The molecule has 5 nitrogen and oxygen atoms in total. The topological polar surface area (TPSA) is 89.8 Å². The van der Waals surface area contributed by atoms with Crippen LogP contribution in [0, 0.1) is 6.92 Å². The summed E-state index contributed by atoms with van der Waals surface area (Å²) in [6.45, 7) is 2.05. The molecule has 0 radical (unpaired) electrons. The number of nitrogens with one attached hydrogen (secondary N) is 1. The summed E-state index contributed by atoms with van der Waals surface area (Å²) in [6.07, 6.45) is 0. The van der Waals surface area contributed by atoms with Crippen LogP contribution >= 0.6 is 11.8 Å². The van der Waals surface area contributed by atoms with Gasteiger partial charge in [-0.2, -0.15) is 4.98 Å². The molecule has 0 spiro atoms. The minimum atomic E-state index is 0.205. The number of aryl methyl sites for hydroxylation is 1. The highest BCUT2D eigenvalue weighted by Crippen LogP contribution is 2.29. The van der Waals surface area contributed by atoms with Crippen LogP contribution in [0.5, 0.6) is 0 Å². The predicted octanol–water partition coefficient (Wildman–Crippen LogP) is 1.80. The number of aromatic nitrogens is 2. The van der Waals surface area contributed by atoms with Crippen molar-refractivity contribution in [3.8, 4) is 0 Å². The largest absolute Gasteiger partial charge is 0.368 e. The molecule has 0 saturated heterocycles. The molecule has 0 aliphatic carbocycles. The van der Waals surface area contributed by atoms with E-state index in [1.807, 2.05) is 18.2 Å². The predicted molar refractivity (Wildman–Crippen MR) is 69.6 cm³/mol. The fourth-order valence-electron chi connectivity index (χ4n) is 1.35. The van der Waals surface area contributed by atoms with Crippen LogP contribution < -0.4 is 17.0 Å². The summed E-state index contributed by atoms with van der Waals surface area (Å²) in [7, 11) is 0. The minimum absolute atomic E-state index is 0.205. The van der Waals surface area contributed by atoms with E-state index < -0.39 is 0 Å². The number of anilines is 2. The highest BCUT2D eigenvalue weighted by atomic mass is 32.2. The van der Waals surface area contributed by atoms with Gasteiger partial charge in [-0.1, -0.05) is 30.0 Å². The lowest BCUT2D eigenvalue weighted by molar-refractivity contribution is 1.05. The lowest BCUT2D eigenvalue weighted by Gasteiger charge is -2.06. The Bertz CT molecular complexity index is 529. The van der Waals surface area contributed by atoms with E-state index in [9.17, 15) is 0 Å². The van der Waals surface area contributed by atoms with Crippen LogP contribution in [-0.2, 0) is 0 Å². The van der Waals surface area contributed by atoms with Gasteiger partial charge in [-0.15, -0.1) is 0 Å². The second-order valence-electron chi connectivity index (χ2n) is 3.46. The molecule has 17 heavy (non-hydrogen) atoms. The number of nitrogens with zero attached hydrogens (tertiary/aromatic N) is 2. The molecule has 1 aromatic carbocycles. The first-order valence-electron chi connectivity index (χ1n) is 5.03. The van der Waals surface area contributed by atoms with E-state index in [-0.39, 0.29) is 5.95 Å². The molecule has 0 unspecified atom stereocenters. The van der Waals surface area contributed by atoms with Crippen molar-refractivity contribution in [1.82, 2.24) is 9.97 Å². The fraction of sp³-hybridized carbons (Fsp3) is 0.0909. The van der Waals surface area contributed by atoms with Crippen molar-refractivity contribution in [2.45, 2.75) is 16.8 Å². The second kappa shape index (κ2) is 5.03. The molecule has 1 aromatic heterocycles. The van der Waals surface area contributed by atoms with Crippen molar-refractivity contribution in [1.29, 1.82) is 0 Å². The Labute approximate surface area is 104 Å². The van der Waals surface area contributed by atoms with Gasteiger partial charge in [-0.05, 0) is 18.6 Å². The van der Waals surface area contributed by atoms with Crippen molar-refractivity contribution in [2.75, 3.05) is 11.2 Å². The number of hydrogen-bond donors (Lipinski definition) is 3. The van der Waals surface area contributed by atoms with Gasteiger partial charge < -0.3 is 11.2 Å². The highest BCUT2D eigenvalue weighted by Gasteiger charge is 2.05. The van der Waals surface area contributed by atoms with E-state index in [4.69, 9.17) is 11.6 Å². The van der Waals surface area contributed by atoms with Crippen LogP contribution in [0.3, 0.4) is 0 Å². The molecule has 0 saturated carbocycles. The van der Waals surface area contributed by atoms with E-state index >= 15 is 0 Å². The molecular formula is C11H13N5S. The number of hydrogen-bond acceptors (Lipinski definition) is 6. The molecule has 0 amide bonds. The molecule has 1 heterocycles. The summed E-state index contributed by atoms with van der Waals surface area (Å²) in [6, 6.07) is 9.83. The molecular weight excluding hydrogens is 234 g/mol. The van der Waals surface area contributed by atoms with Crippen molar-refractivity contribution >= 4 is 23.5 Å². The Morgan fingerprint density at radius 3 is 2.71 bits per heavy atom. The zero-order valence-corrected chi connectivity index (χ0v) is 10.2. The Morgan fingerprint density at radius 2 is 2.00 bits per heavy atom. The minimum Gasteiger partial charge on any atom is -0.368 e. The van der Waals surface area contributed by atoms with Crippen LogP contribution in [-0.4, -0.2) is 9.97 Å². The van der Waals surface area contributed by atoms with Gasteiger partial charge >= 0.3 is 0 Å². The van der Waals surface area contributed by atoms with Crippen molar-refractivity contribution in [2.24, 2.45) is 5.84 Å². The zero-order chi connectivity index (χ0) is 12.3. The monoisotopic (exact) mass is 247 g/mol. The maximum atomic E-state index is 5.60. The van der Waals surface area contributed by atoms with E-state index in [1.165, 1.54) is 17.3 Å². The van der Waals surface area contributed by atoms with Gasteiger partial charge in [0, 0.05) is 11.0 Å². The zero-order valence-electron chi connectivity index (χ0n) is 9.34. The Hall–Kier alpha value is -1.79. The highest BCUT2D eigenvalue weighted by molar-refractivity contribution is 7.99. The quantitative estimate of drug-likeness (QED) is 0.435. The van der Waals surface area contributed by atoms with Crippen LogP contribution in [0.4, 0.5) is 11.8 Å². The summed E-state index contributed by atoms with van der Waals surface area (Å²) >= 11 is 1.53. The number of hydrazine groups is 1. The molecule has 0 fully saturated rings. The average Bonchev–Trinajstić information content (AvgIpc) is 2.31. The van der Waals surface area contributed by atoms with Crippen LogP contribution in [0.1, 0.15) is 5.56 Å². The van der Waals surface area contributed by atoms with Crippen molar-refractivity contribution in [3.63, 3.8) is 0 Å². The lowest BCUT2D eigenvalue weighted by Crippen LogP contribution is -2.10. The summed E-state index contributed by atoms with van der Waals surface area (Å²) in [4.78, 5) is 9.22. The average molecular weight is 247 g/mol. The number of rotatable bonds is 3. The molecule has 0 atom stereocenters. The second-order valence-corrected chi connectivity index (χ2v) is 4.52. The third-order valence-corrected chi connectivity index (χ3v) is 3.27. The maximum Gasteiger partial charge on any atom is 0.223 e. The van der Waals surface area contributed by atoms with Gasteiger partial charge in [0.05, 0.1) is 0 Å². The SMILES string of the molecule is Cc1ccccc1Sc1cc(NN)nc(N)n1. The van der Waals surface area contributed by atoms with E-state index in [1.54, 1.807) is 6.07 Å². The molecule has 2 aromatic rings. The first-order chi connectivity index (χ1) is 8.19. The van der Waals surface area contributed by atoms with E-state index in [0.29, 0.717) is 5.82 Å². The summed E-state index contributed by atoms with van der Waals surface area (Å²) in [5.74, 6) is 6.02. The molecule has 5 N–H and O–H groups in total. The molecule has 88 valence electrons. The molecule has 0 aliphatic heterocycles. The van der Waals surface area contributed by atoms with E-state index in [0.717, 1.165) is 9.92 Å². The van der Waals surface area contributed by atoms with Gasteiger partial charge in [-0.25, -0.2) is 10.8 Å². The lowest BCUT2D eigenvalue weighted by atomic mass is 10.2. The first kappa shape index (κ1) is 11.7. The third kappa shape index (κ3) is 2.86. The van der Waals surface area contributed by atoms with Gasteiger partial charge in [0.1, 0.15) is 10.8 Å². The van der Waals surface area contributed by atoms with Gasteiger partial charge in [-0.3, -0.25) is 0 Å². The van der Waals surface area contributed by atoms with Gasteiger partial charge in [0.15, 0.2) is 0 Å². The molecule has 0 aliphatic rings. The van der Waals surface area contributed by atoms with Gasteiger partial charge in [0.25, 0.3) is 0 Å². The number of benzene rings is 1. The van der Waals surface area contributed by atoms with Crippen LogP contribution in [0.2, 0.25) is 0 Å². The summed E-state index contributed by atoms with van der Waals surface area (Å²) in [5.41, 5.74) is 9.25. The number of nitrogens with two attached hydrogens (primary N) is 2. The summed E-state index contributed by atoms with van der Waals surface area (Å²) in [5, 5.41) is 0.764. The van der Waals surface area contributed by atoms with Gasteiger partial charge in [0.2, 0.25) is 5.95 Å². The summed E-state index contributed by atoms with van der Waals surface area (Å²) < 4.78 is 0. The standard InChI is InChI=1S/C11H13N5S/c1-7-4-2-3-5-8(7)17-10-6-9(16-13)14-11(12)15-10/h2-6H,13H2,1H3,(H3,12,14,15,16). The first-order valence-corrected chi connectivity index (χ1v) is 5.85. The molecule has 6 heteroatoms. The Morgan fingerprint density at radius 1 is 1.24 bits per heavy atom. The van der Waals surface area contributed by atoms with Crippen molar-refractivity contribution in [3.05, 3.63) is 35.9 Å². The maximum absolute atomic E-state index is 5.60. The van der Waals surface area contributed by atoms with E-state index in [2.05, 4.69) is 28.4 Å². The van der Waals surface area contributed by atoms with Crippen LogP contribution in [0.25, 0.3) is 0 Å². The Balaban J connectivity index is 2.30.